The molecule has 31 heavy (non-hydrogen) atoms. The van der Waals surface area contributed by atoms with Crippen molar-refractivity contribution in [1.82, 2.24) is 9.21 Å². The SMILES string of the molecule is O=C(C1CCN(S(=O)(=O)c2ccc3ccccc3c2)CC1)N1CCO[C@H]2CCCC[C@@H]21. The maximum Gasteiger partial charge on any atom is 0.243 e. The number of nitrogens with zero attached hydrogens (tertiary/aromatic N) is 2. The summed E-state index contributed by atoms with van der Waals surface area (Å²) in [5.41, 5.74) is 0. The third kappa shape index (κ3) is 3.99. The minimum Gasteiger partial charge on any atom is -0.374 e. The van der Waals surface area contributed by atoms with Crippen LogP contribution in [0.2, 0.25) is 0 Å². The monoisotopic (exact) mass is 442 g/mol. The highest BCUT2D eigenvalue weighted by Crippen LogP contribution is 2.32. The molecule has 7 heteroatoms. The summed E-state index contributed by atoms with van der Waals surface area (Å²) in [5, 5.41) is 1.94. The molecule has 1 saturated carbocycles. The topological polar surface area (TPSA) is 66.9 Å². The third-order valence-electron chi connectivity index (χ3n) is 7.18. The number of fused-ring (bicyclic) bond motifs is 2. The minimum atomic E-state index is -3.56. The van der Waals surface area contributed by atoms with Crippen molar-refractivity contribution in [1.29, 1.82) is 0 Å². The Morgan fingerprint density at radius 3 is 2.45 bits per heavy atom. The Hall–Kier alpha value is -1.96. The molecule has 1 amide bonds. The van der Waals surface area contributed by atoms with Gasteiger partial charge in [-0.15, -0.1) is 0 Å². The molecule has 5 rings (SSSR count). The summed E-state index contributed by atoms with van der Waals surface area (Å²) in [6.45, 7) is 2.06. The number of sulfonamides is 1. The average Bonchev–Trinajstić information content (AvgIpc) is 2.83. The molecular formula is C24H30N2O4S. The molecule has 0 bridgehead atoms. The Labute approximate surface area is 184 Å². The van der Waals surface area contributed by atoms with E-state index in [1.807, 2.05) is 35.2 Å². The fourth-order valence-corrected chi connectivity index (χ4v) is 6.93. The van der Waals surface area contributed by atoms with Crippen molar-refractivity contribution in [3.8, 4) is 0 Å². The highest BCUT2D eigenvalue weighted by molar-refractivity contribution is 7.89. The summed E-state index contributed by atoms with van der Waals surface area (Å²) in [4.78, 5) is 15.7. The van der Waals surface area contributed by atoms with Gasteiger partial charge in [-0.1, -0.05) is 43.2 Å². The van der Waals surface area contributed by atoms with Crippen molar-refractivity contribution in [3.05, 3.63) is 42.5 Å². The summed E-state index contributed by atoms with van der Waals surface area (Å²) >= 11 is 0. The summed E-state index contributed by atoms with van der Waals surface area (Å²) in [6.07, 6.45) is 5.73. The van der Waals surface area contributed by atoms with Gasteiger partial charge in [0.05, 0.1) is 23.6 Å². The van der Waals surface area contributed by atoms with Gasteiger partial charge < -0.3 is 9.64 Å². The largest absolute Gasteiger partial charge is 0.374 e. The zero-order chi connectivity index (χ0) is 21.4. The molecule has 166 valence electrons. The van der Waals surface area contributed by atoms with Crippen LogP contribution in [0, 0.1) is 5.92 Å². The molecular weight excluding hydrogens is 412 g/mol. The van der Waals surface area contributed by atoms with Crippen LogP contribution in [0.25, 0.3) is 10.8 Å². The second-order valence-electron chi connectivity index (χ2n) is 8.98. The summed E-state index contributed by atoms with van der Waals surface area (Å²) in [7, 11) is -3.56. The molecule has 0 spiro atoms. The Bertz CT molecular complexity index is 1060. The van der Waals surface area contributed by atoms with Gasteiger partial charge in [0, 0.05) is 25.6 Å². The lowest BCUT2D eigenvalue weighted by molar-refractivity contribution is -0.154. The van der Waals surface area contributed by atoms with Crippen LogP contribution in [0.4, 0.5) is 0 Å². The van der Waals surface area contributed by atoms with E-state index in [1.165, 1.54) is 6.42 Å². The second-order valence-corrected chi connectivity index (χ2v) is 10.9. The summed E-state index contributed by atoms with van der Waals surface area (Å²) < 4.78 is 33.9. The Morgan fingerprint density at radius 1 is 0.903 bits per heavy atom. The maximum absolute atomic E-state index is 13.3. The van der Waals surface area contributed by atoms with Crippen LogP contribution in [0.1, 0.15) is 38.5 Å². The number of carbonyl (C=O) groups is 1. The molecule has 2 aromatic rings. The number of amides is 1. The van der Waals surface area contributed by atoms with Gasteiger partial charge in [-0.3, -0.25) is 4.79 Å². The van der Waals surface area contributed by atoms with Crippen molar-refractivity contribution >= 4 is 26.7 Å². The van der Waals surface area contributed by atoms with Crippen LogP contribution in [-0.2, 0) is 19.6 Å². The van der Waals surface area contributed by atoms with Crippen molar-refractivity contribution < 1.29 is 17.9 Å². The molecule has 6 nitrogen and oxygen atoms in total. The van der Waals surface area contributed by atoms with Crippen LogP contribution in [0.5, 0.6) is 0 Å². The third-order valence-corrected chi connectivity index (χ3v) is 9.07. The average molecular weight is 443 g/mol. The molecule has 2 aliphatic heterocycles. The number of ether oxygens (including phenoxy) is 1. The number of carbonyl (C=O) groups excluding carboxylic acids is 1. The van der Waals surface area contributed by atoms with E-state index in [-0.39, 0.29) is 24.0 Å². The van der Waals surface area contributed by atoms with Gasteiger partial charge in [0.1, 0.15) is 0 Å². The van der Waals surface area contributed by atoms with E-state index >= 15 is 0 Å². The molecule has 0 unspecified atom stereocenters. The smallest absolute Gasteiger partial charge is 0.243 e. The fourth-order valence-electron chi connectivity index (χ4n) is 5.42. The van der Waals surface area contributed by atoms with Gasteiger partial charge in [-0.05, 0) is 48.6 Å². The number of morpholine rings is 1. The van der Waals surface area contributed by atoms with Gasteiger partial charge >= 0.3 is 0 Å². The number of benzene rings is 2. The molecule has 3 fully saturated rings. The summed E-state index contributed by atoms with van der Waals surface area (Å²) in [5.74, 6) is 0.103. The van der Waals surface area contributed by atoms with Crippen molar-refractivity contribution in [2.24, 2.45) is 5.92 Å². The number of hydrogen-bond acceptors (Lipinski definition) is 4. The van der Waals surface area contributed by atoms with Gasteiger partial charge in [0.15, 0.2) is 0 Å². The first-order valence-corrected chi connectivity index (χ1v) is 12.9. The van der Waals surface area contributed by atoms with Crippen LogP contribution in [0.3, 0.4) is 0 Å². The van der Waals surface area contributed by atoms with Crippen molar-refractivity contribution in [2.75, 3.05) is 26.2 Å². The van der Waals surface area contributed by atoms with Crippen molar-refractivity contribution in [2.45, 2.75) is 55.6 Å². The number of piperidine rings is 1. The standard InChI is InChI=1S/C24H30N2O4S/c27-24(26-15-16-30-23-8-4-3-7-22(23)26)19-11-13-25(14-12-19)31(28,29)21-10-9-18-5-1-2-6-20(18)17-21/h1-2,5-6,9-10,17,19,22-23H,3-4,7-8,11-16H2/t22-,23-/m0/s1. The molecule has 2 heterocycles. The molecule has 2 saturated heterocycles. The van der Waals surface area contributed by atoms with E-state index in [2.05, 4.69) is 0 Å². The first-order valence-electron chi connectivity index (χ1n) is 11.4. The first-order chi connectivity index (χ1) is 15.0. The highest BCUT2D eigenvalue weighted by atomic mass is 32.2. The van der Waals surface area contributed by atoms with Crippen LogP contribution in [-0.4, -0.2) is 61.9 Å². The predicted molar refractivity (Wildman–Crippen MR) is 119 cm³/mol. The second kappa shape index (κ2) is 8.52. The molecule has 0 radical (unpaired) electrons. The van der Waals surface area contributed by atoms with E-state index in [0.717, 1.165) is 30.0 Å². The lowest BCUT2D eigenvalue weighted by Crippen LogP contribution is -2.57. The number of rotatable bonds is 3. The number of hydrogen-bond donors (Lipinski definition) is 0. The molecule has 0 aromatic heterocycles. The molecule has 2 atom stereocenters. The Morgan fingerprint density at radius 2 is 1.65 bits per heavy atom. The first kappa shape index (κ1) is 20.9. The van der Waals surface area contributed by atoms with Gasteiger partial charge in [-0.2, -0.15) is 4.31 Å². The maximum atomic E-state index is 13.3. The quantitative estimate of drug-likeness (QED) is 0.731. The molecule has 3 aliphatic rings. The van der Waals surface area contributed by atoms with Crippen molar-refractivity contribution in [3.63, 3.8) is 0 Å². The normalized spacial score (nSPS) is 26.0. The predicted octanol–water partition coefficient (Wildman–Crippen LogP) is 3.41. The summed E-state index contributed by atoms with van der Waals surface area (Å²) in [6, 6.07) is 13.3. The zero-order valence-electron chi connectivity index (χ0n) is 17.8. The van der Waals surface area contributed by atoms with Gasteiger partial charge in [-0.25, -0.2) is 8.42 Å². The Kier molecular flexibility index (Phi) is 5.75. The minimum absolute atomic E-state index is 0.0938. The van der Waals surface area contributed by atoms with Gasteiger partial charge in [0.25, 0.3) is 0 Å². The zero-order valence-corrected chi connectivity index (χ0v) is 18.6. The lowest BCUT2D eigenvalue weighted by Gasteiger charge is -2.45. The van der Waals surface area contributed by atoms with E-state index in [1.54, 1.807) is 16.4 Å². The van der Waals surface area contributed by atoms with E-state index in [4.69, 9.17) is 4.74 Å². The van der Waals surface area contributed by atoms with Crippen LogP contribution >= 0.6 is 0 Å². The lowest BCUT2D eigenvalue weighted by atomic mass is 9.88. The van der Waals surface area contributed by atoms with Gasteiger partial charge in [0.2, 0.25) is 15.9 Å². The van der Waals surface area contributed by atoms with Crippen LogP contribution in [0.15, 0.2) is 47.4 Å². The highest BCUT2D eigenvalue weighted by Gasteiger charge is 2.40. The van der Waals surface area contributed by atoms with E-state index < -0.39 is 10.0 Å². The molecule has 2 aromatic carbocycles. The van der Waals surface area contributed by atoms with E-state index in [9.17, 15) is 13.2 Å². The Balaban J connectivity index is 1.26. The van der Waals surface area contributed by atoms with E-state index in [0.29, 0.717) is 44.0 Å². The van der Waals surface area contributed by atoms with Crippen LogP contribution < -0.4 is 0 Å². The molecule has 0 N–H and O–H groups in total. The fraction of sp³-hybridized carbons (Fsp3) is 0.542. The molecule has 1 aliphatic carbocycles.